The first-order chi connectivity index (χ1) is 15.6. The Kier molecular flexibility index (Phi) is 5.62. The van der Waals surface area contributed by atoms with Crippen molar-refractivity contribution in [2.24, 2.45) is 0 Å². The van der Waals surface area contributed by atoms with Crippen molar-refractivity contribution in [2.75, 3.05) is 6.61 Å². The molecule has 1 aliphatic rings. The van der Waals surface area contributed by atoms with Crippen LogP contribution in [-0.4, -0.2) is 22.1 Å². The Morgan fingerprint density at radius 3 is 2.81 bits per heavy atom. The van der Waals surface area contributed by atoms with Gasteiger partial charge in [-0.05, 0) is 67.0 Å². The highest BCUT2D eigenvalue weighted by Crippen LogP contribution is 2.33. The second-order valence-electron chi connectivity index (χ2n) is 8.12. The zero-order valence-corrected chi connectivity index (χ0v) is 18.8. The molecular formula is C26H24N2O3S. The molecule has 0 spiro atoms. The van der Waals surface area contributed by atoms with Crippen LogP contribution < -0.4 is 5.56 Å². The summed E-state index contributed by atoms with van der Waals surface area (Å²) in [6.07, 6.45) is 6.30. The summed E-state index contributed by atoms with van der Waals surface area (Å²) in [5.41, 5.74) is 6.12. The van der Waals surface area contributed by atoms with Crippen LogP contribution in [0.15, 0.2) is 59.0 Å². The summed E-state index contributed by atoms with van der Waals surface area (Å²) in [6, 6.07) is 13.8. The van der Waals surface area contributed by atoms with Crippen LogP contribution in [-0.2, 0) is 24.1 Å². The van der Waals surface area contributed by atoms with E-state index in [0.29, 0.717) is 24.1 Å². The summed E-state index contributed by atoms with van der Waals surface area (Å²) < 4.78 is 6.70. The van der Waals surface area contributed by atoms with E-state index in [4.69, 9.17) is 4.74 Å². The van der Waals surface area contributed by atoms with Crippen LogP contribution in [0.1, 0.15) is 46.8 Å². The van der Waals surface area contributed by atoms with E-state index in [1.165, 1.54) is 35.3 Å². The molecule has 2 aromatic heterocycles. The van der Waals surface area contributed by atoms with Gasteiger partial charge < -0.3 is 4.74 Å². The average molecular weight is 445 g/mol. The van der Waals surface area contributed by atoms with Gasteiger partial charge in [-0.25, -0.2) is 9.78 Å². The standard InChI is InChI=1S/C26H24N2O3S/c1-2-31-26(30)21-9-5-6-17(12-21)14-28-16-27-24-23(25(28)29)22(15-32-24)20-11-10-18-7-3-4-8-19(18)13-20/h5-6,9-13,15-16H,2-4,7-8,14H2,1H3. The third kappa shape index (κ3) is 3.86. The van der Waals surface area contributed by atoms with Gasteiger partial charge in [-0.3, -0.25) is 9.36 Å². The number of thiophene rings is 1. The van der Waals surface area contributed by atoms with Crippen molar-refractivity contribution >= 4 is 27.5 Å². The van der Waals surface area contributed by atoms with E-state index in [1.54, 1.807) is 30.0 Å². The average Bonchev–Trinajstić information content (AvgIpc) is 3.26. The molecule has 0 N–H and O–H groups in total. The number of benzene rings is 2. The first-order valence-corrected chi connectivity index (χ1v) is 11.9. The van der Waals surface area contributed by atoms with Gasteiger partial charge in [0.25, 0.3) is 5.56 Å². The molecule has 5 rings (SSSR count). The lowest BCUT2D eigenvalue weighted by Gasteiger charge is -2.16. The maximum Gasteiger partial charge on any atom is 0.338 e. The van der Waals surface area contributed by atoms with Crippen LogP contribution >= 0.6 is 11.3 Å². The fraction of sp³-hybridized carbons (Fsp3) is 0.269. The summed E-state index contributed by atoms with van der Waals surface area (Å²) in [6.45, 7) is 2.45. The van der Waals surface area contributed by atoms with E-state index in [1.807, 2.05) is 17.5 Å². The molecule has 4 aromatic rings. The molecular weight excluding hydrogens is 420 g/mol. The highest BCUT2D eigenvalue weighted by Gasteiger charge is 2.16. The Morgan fingerprint density at radius 2 is 1.97 bits per heavy atom. The number of hydrogen-bond acceptors (Lipinski definition) is 5. The van der Waals surface area contributed by atoms with Crippen molar-refractivity contribution in [1.29, 1.82) is 0 Å². The van der Waals surface area contributed by atoms with E-state index < -0.39 is 0 Å². The van der Waals surface area contributed by atoms with Crippen LogP contribution in [0.25, 0.3) is 21.3 Å². The van der Waals surface area contributed by atoms with Gasteiger partial charge in [-0.1, -0.05) is 30.3 Å². The number of aryl methyl sites for hydroxylation is 2. The van der Waals surface area contributed by atoms with Crippen LogP contribution in [0, 0.1) is 0 Å². The van der Waals surface area contributed by atoms with Gasteiger partial charge in [0, 0.05) is 10.9 Å². The number of nitrogens with zero attached hydrogens (tertiary/aromatic N) is 2. The largest absolute Gasteiger partial charge is 0.462 e. The van der Waals surface area contributed by atoms with Crippen molar-refractivity contribution in [3.8, 4) is 11.1 Å². The number of esters is 1. The Labute approximate surface area is 190 Å². The minimum atomic E-state index is -0.359. The predicted molar refractivity (Wildman–Crippen MR) is 127 cm³/mol. The maximum absolute atomic E-state index is 13.4. The van der Waals surface area contributed by atoms with Crippen LogP contribution in [0.5, 0.6) is 0 Å². The van der Waals surface area contributed by atoms with Crippen LogP contribution in [0.4, 0.5) is 0 Å². The molecule has 6 heteroatoms. The second kappa shape index (κ2) is 8.71. The molecule has 0 bridgehead atoms. The topological polar surface area (TPSA) is 61.2 Å². The smallest absolute Gasteiger partial charge is 0.338 e. The molecule has 0 amide bonds. The van der Waals surface area contributed by atoms with Gasteiger partial charge >= 0.3 is 5.97 Å². The lowest BCUT2D eigenvalue weighted by molar-refractivity contribution is 0.0526. The van der Waals surface area contributed by atoms with Gasteiger partial charge in [0.2, 0.25) is 0 Å². The molecule has 0 fully saturated rings. The number of aromatic nitrogens is 2. The van der Waals surface area contributed by atoms with Crippen molar-refractivity contribution in [3.63, 3.8) is 0 Å². The Bertz CT molecular complexity index is 1370. The second-order valence-corrected chi connectivity index (χ2v) is 8.98. The minimum absolute atomic E-state index is 0.0643. The summed E-state index contributed by atoms with van der Waals surface area (Å²) in [7, 11) is 0. The Morgan fingerprint density at radius 1 is 1.12 bits per heavy atom. The van der Waals surface area contributed by atoms with Gasteiger partial charge in [0.15, 0.2) is 0 Å². The Hall–Kier alpha value is -3.25. The third-order valence-corrected chi connectivity index (χ3v) is 6.90. The van der Waals surface area contributed by atoms with Crippen molar-refractivity contribution in [3.05, 3.63) is 86.8 Å². The molecule has 0 unspecified atom stereocenters. The monoisotopic (exact) mass is 444 g/mol. The Balaban J connectivity index is 1.52. The molecule has 2 aromatic carbocycles. The molecule has 5 nitrogen and oxygen atoms in total. The van der Waals surface area contributed by atoms with Gasteiger partial charge in [-0.15, -0.1) is 11.3 Å². The molecule has 0 saturated heterocycles. The van der Waals surface area contributed by atoms with E-state index in [0.717, 1.165) is 34.4 Å². The van der Waals surface area contributed by atoms with E-state index >= 15 is 0 Å². The number of carbonyl (C=O) groups is 1. The first-order valence-electron chi connectivity index (χ1n) is 11.0. The van der Waals surface area contributed by atoms with Gasteiger partial charge in [-0.2, -0.15) is 0 Å². The summed E-state index contributed by atoms with van der Waals surface area (Å²) in [5, 5.41) is 2.70. The first kappa shape index (κ1) is 20.6. The molecule has 1 aliphatic carbocycles. The molecule has 0 radical (unpaired) electrons. The number of carbonyl (C=O) groups excluding carboxylic acids is 1. The van der Waals surface area contributed by atoms with Crippen molar-refractivity contribution in [2.45, 2.75) is 39.2 Å². The van der Waals surface area contributed by atoms with Crippen LogP contribution in [0.3, 0.4) is 0 Å². The number of hydrogen-bond donors (Lipinski definition) is 0. The minimum Gasteiger partial charge on any atom is -0.462 e. The summed E-state index contributed by atoms with van der Waals surface area (Å²) in [4.78, 5) is 30.8. The van der Waals surface area contributed by atoms with E-state index in [9.17, 15) is 9.59 Å². The molecule has 162 valence electrons. The van der Waals surface area contributed by atoms with Crippen molar-refractivity contribution in [1.82, 2.24) is 9.55 Å². The predicted octanol–water partition coefficient (Wildman–Crippen LogP) is 5.23. The lowest BCUT2D eigenvalue weighted by atomic mass is 9.89. The maximum atomic E-state index is 13.4. The molecule has 2 heterocycles. The fourth-order valence-electron chi connectivity index (χ4n) is 4.40. The third-order valence-electron chi connectivity index (χ3n) is 6.01. The highest BCUT2D eigenvalue weighted by molar-refractivity contribution is 7.17. The molecule has 32 heavy (non-hydrogen) atoms. The lowest BCUT2D eigenvalue weighted by Crippen LogP contribution is -2.21. The van der Waals surface area contributed by atoms with Gasteiger partial charge in [0.1, 0.15) is 4.83 Å². The summed E-state index contributed by atoms with van der Waals surface area (Å²) in [5.74, 6) is -0.359. The normalized spacial score (nSPS) is 13.2. The fourth-order valence-corrected chi connectivity index (χ4v) is 5.31. The van der Waals surface area contributed by atoms with E-state index in [2.05, 4.69) is 23.2 Å². The molecule has 0 aliphatic heterocycles. The number of fused-ring (bicyclic) bond motifs is 2. The number of ether oxygens (including phenoxy) is 1. The summed E-state index contributed by atoms with van der Waals surface area (Å²) >= 11 is 1.50. The zero-order chi connectivity index (χ0) is 22.1. The zero-order valence-electron chi connectivity index (χ0n) is 18.0. The number of rotatable bonds is 5. The quantitative estimate of drug-likeness (QED) is 0.396. The van der Waals surface area contributed by atoms with Gasteiger partial charge in [0.05, 0.1) is 30.4 Å². The van der Waals surface area contributed by atoms with E-state index in [-0.39, 0.29) is 11.5 Å². The highest BCUT2D eigenvalue weighted by atomic mass is 32.1. The molecule has 0 atom stereocenters. The van der Waals surface area contributed by atoms with Crippen LogP contribution in [0.2, 0.25) is 0 Å². The SMILES string of the molecule is CCOC(=O)c1cccc(Cn2cnc3scc(-c4ccc5c(c4)CCCC5)c3c2=O)c1. The van der Waals surface area contributed by atoms with Crippen molar-refractivity contribution < 1.29 is 9.53 Å². The molecule has 0 saturated carbocycles.